The monoisotopic (exact) mass is 805 g/mol. The number of nitrogens with zero attached hydrogens (tertiary/aromatic N) is 9. The summed E-state index contributed by atoms with van der Waals surface area (Å²) in [6.07, 6.45) is -4.68. The topological polar surface area (TPSA) is 91.6 Å². The first-order valence-corrected chi connectivity index (χ1v) is 19.6. The molecule has 0 radical (unpaired) electrons. The first kappa shape index (κ1) is 37.5. The summed E-state index contributed by atoms with van der Waals surface area (Å²) >= 11 is 0. The van der Waals surface area contributed by atoms with Gasteiger partial charge in [-0.15, -0.1) is 0 Å². The van der Waals surface area contributed by atoms with Gasteiger partial charge in [-0.2, -0.15) is 13.2 Å². The third-order valence-electron chi connectivity index (χ3n) is 11.1. The Labute approximate surface area is 347 Å². The Bertz CT molecular complexity index is 3460. The van der Waals surface area contributed by atoms with Crippen molar-refractivity contribution in [2.75, 3.05) is 0 Å². The fraction of sp³-hybridized carbons (Fsp3) is 0.122. The van der Waals surface area contributed by atoms with E-state index in [-0.39, 0.29) is 16.8 Å². The number of alkyl halides is 3. The summed E-state index contributed by atoms with van der Waals surface area (Å²) < 4.78 is 49.1. The lowest BCUT2D eigenvalue weighted by atomic mass is 9.92. The van der Waals surface area contributed by atoms with Gasteiger partial charge in [-0.25, -0.2) is 34.7 Å². The Morgan fingerprint density at radius 2 is 0.951 bits per heavy atom. The molecule has 0 fully saturated rings. The van der Waals surface area contributed by atoms with Crippen molar-refractivity contribution in [1.82, 2.24) is 39.0 Å². The molecule has 0 saturated carbocycles. The van der Waals surface area contributed by atoms with Gasteiger partial charge in [0.25, 0.3) is 0 Å². The van der Waals surface area contributed by atoms with Gasteiger partial charge in [0, 0.05) is 32.7 Å². The van der Waals surface area contributed by atoms with Gasteiger partial charge in [0.05, 0.1) is 45.6 Å². The number of benzene rings is 6. The lowest BCUT2D eigenvalue weighted by Crippen LogP contribution is -2.09. The summed E-state index contributed by atoms with van der Waals surface area (Å²) in [6, 6.07) is 35.6. The van der Waals surface area contributed by atoms with E-state index in [1.807, 2.05) is 113 Å². The molecule has 4 aromatic heterocycles. The van der Waals surface area contributed by atoms with Gasteiger partial charge < -0.3 is 9.13 Å². The summed E-state index contributed by atoms with van der Waals surface area (Å²) in [5.41, 5.74) is 5.65. The molecule has 9 nitrogen and oxygen atoms in total. The highest BCUT2D eigenvalue weighted by molar-refractivity contribution is 6.13. The number of halogens is 3. The molecule has 0 aliphatic rings. The minimum Gasteiger partial charge on any atom is -0.308 e. The van der Waals surface area contributed by atoms with Gasteiger partial charge in [0.15, 0.2) is 17.3 Å². The second-order valence-corrected chi connectivity index (χ2v) is 15.1. The summed E-state index contributed by atoms with van der Waals surface area (Å²) in [7, 11) is 0. The summed E-state index contributed by atoms with van der Waals surface area (Å²) in [5.74, 6) is 3.35. The quantitative estimate of drug-likeness (QED) is 0.161. The minimum absolute atomic E-state index is 0.0449. The lowest BCUT2D eigenvalue weighted by molar-refractivity contribution is -0.137. The highest BCUT2D eigenvalue weighted by Gasteiger charge is 2.35. The van der Waals surface area contributed by atoms with E-state index in [2.05, 4.69) is 43.9 Å². The number of aryl methyl sites for hydroxylation is 5. The highest BCUT2D eigenvalue weighted by atomic mass is 19.4. The molecule has 0 saturated heterocycles. The number of aromatic nitrogens is 8. The Hall–Kier alpha value is -7.78. The molecular weight excluding hydrogens is 772 g/mol. The fourth-order valence-electron chi connectivity index (χ4n) is 8.71. The second kappa shape index (κ2) is 13.9. The number of hydrogen-bond acceptors (Lipinski definition) is 6. The van der Waals surface area contributed by atoms with Crippen LogP contribution in [0, 0.1) is 41.2 Å². The van der Waals surface area contributed by atoms with Crippen LogP contribution in [-0.4, -0.2) is 39.0 Å². The van der Waals surface area contributed by atoms with Gasteiger partial charge in [-0.1, -0.05) is 72.8 Å². The number of hydrogen-bond donors (Lipinski definition) is 0. The highest BCUT2D eigenvalue weighted by Crippen LogP contribution is 2.47. The molecule has 0 atom stereocenters. The van der Waals surface area contributed by atoms with Crippen LogP contribution in [0.25, 0.3) is 93.7 Å². The van der Waals surface area contributed by atoms with Crippen molar-refractivity contribution in [1.29, 1.82) is 0 Å². The van der Waals surface area contributed by atoms with E-state index in [4.69, 9.17) is 6.57 Å². The van der Waals surface area contributed by atoms with E-state index in [1.54, 1.807) is 25.1 Å². The Morgan fingerprint density at radius 3 is 1.43 bits per heavy atom. The maximum absolute atomic E-state index is 15.0. The molecule has 6 aromatic carbocycles. The largest absolute Gasteiger partial charge is 0.416 e. The van der Waals surface area contributed by atoms with Crippen molar-refractivity contribution in [3.05, 3.63) is 161 Å². The zero-order valence-electron chi connectivity index (χ0n) is 33.6. The van der Waals surface area contributed by atoms with E-state index < -0.39 is 11.7 Å². The zero-order chi connectivity index (χ0) is 42.3. The molecule has 0 aliphatic carbocycles. The Balaban J connectivity index is 1.38. The van der Waals surface area contributed by atoms with E-state index in [0.29, 0.717) is 51.9 Å². The van der Waals surface area contributed by atoms with E-state index in [1.165, 1.54) is 6.07 Å². The van der Waals surface area contributed by atoms with Crippen LogP contribution >= 0.6 is 0 Å². The molecule has 10 rings (SSSR count). The molecule has 0 spiro atoms. The van der Waals surface area contributed by atoms with Crippen LogP contribution in [0.2, 0.25) is 0 Å². The first-order valence-electron chi connectivity index (χ1n) is 19.6. The zero-order valence-corrected chi connectivity index (χ0v) is 33.6. The normalized spacial score (nSPS) is 11.9. The van der Waals surface area contributed by atoms with Gasteiger partial charge >= 0.3 is 6.18 Å². The number of rotatable bonds is 5. The van der Waals surface area contributed by atoms with E-state index in [0.717, 1.165) is 60.8 Å². The van der Waals surface area contributed by atoms with Gasteiger partial charge in [0.1, 0.15) is 23.3 Å². The van der Waals surface area contributed by atoms with E-state index in [9.17, 15) is 13.2 Å². The van der Waals surface area contributed by atoms with Gasteiger partial charge in [0.2, 0.25) is 0 Å². The van der Waals surface area contributed by atoms with Crippen LogP contribution in [-0.2, 0) is 6.18 Å². The molecule has 0 amide bonds. The maximum atomic E-state index is 15.0. The van der Waals surface area contributed by atoms with Crippen molar-refractivity contribution in [3.8, 4) is 45.3 Å². The van der Waals surface area contributed by atoms with Crippen LogP contribution in [0.5, 0.6) is 0 Å². The molecule has 0 N–H and O–H groups in total. The predicted octanol–water partition coefficient (Wildman–Crippen LogP) is 12.4. The molecule has 61 heavy (non-hydrogen) atoms. The van der Waals surface area contributed by atoms with Gasteiger partial charge in [-0.3, -0.25) is 0 Å². The van der Waals surface area contributed by atoms with Crippen molar-refractivity contribution in [2.45, 2.75) is 40.8 Å². The van der Waals surface area contributed by atoms with Crippen molar-refractivity contribution in [3.63, 3.8) is 0 Å². The maximum Gasteiger partial charge on any atom is 0.416 e. The van der Waals surface area contributed by atoms with Gasteiger partial charge in [-0.05, 0) is 93.8 Å². The smallest absolute Gasteiger partial charge is 0.308 e. The summed E-state index contributed by atoms with van der Waals surface area (Å²) in [4.78, 5) is 31.4. The third kappa shape index (κ3) is 6.16. The van der Waals surface area contributed by atoms with E-state index >= 15 is 0 Å². The summed E-state index contributed by atoms with van der Waals surface area (Å²) in [6.45, 7) is 17.5. The van der Waals surface area contributed by atoms with Crippen LogP contribution in [0.1, 0.15) is 34.4 Å². The molecule has 0 unspecified atom stereocenters. The molecule has 4 heterocycles. The summed E-state index contributed by atoms with van der Waals surface area (Å²) in [5, 5.41) is 3.74. The molecular formula is C49H34F3N9. The molecule has 0 bridgehead atoms. The predicted molar refractivity (Wildman–Crippen MR) is 233 cm³/mol. The van der Waals surface area contributed by atoms with Crippen molar-refractivity contribution in [2.24, 2.45) is 0 Å². The Morgan fingerprint density at radius 1 is 0.492 bits per heavy atom. The van der Waals surface area contributed by atoms with Crippen LogP contribution in [0.15, 0.2) is 115 Å². The molecule has 296 valence electrons. The molecule has 0 aliphatic heterocycles. The second-order valence-electron chi connectivity index (χ2n) is 15.1. The average molecular weight is 806 g/mol. The fourth-order valence-corrected chi connectivity index (χ4v) is 8.71. The average Bonchev–Trinajstić information content (AvgIpc) is 3.74. The number of para-hydroxylation sites is 2. The minimum atomic E-state index is -4.68. The van der Waals surface area contributed by atoms with Crippen LogP contribution in [0.3, 0.4) is 0 Å². The standard InChI is InChI=1S/C49H34F3N9/c1-26-12-11-15-38(49(50,51)52)46(26)37-24-44(60-40-16-9-7-13-33(40)35-20-18-31(22-42(35)60)47-56-27(2)54-28(3)57-47)45(25-39(37)53-6)61-41-17-10-8-14-34(41)36-21-19-32(23-43(36)61)48-58-29(4)55-30(5)59-48/h7-25H,1-5H3. The van der Waals surface area contributed by atoms with Crippen LogP contribution in [0.4, 0.5) is 18.9 Å². The van der Waals surface area contributed by atoms with Crippen LogP contribution < -0.4 is 0 Å². The molecule has 10 aromatic rings. The molecule has 12 heteroatoms. The lowest BCUT2D eigenvalue weighted by Gasteiger charge is -2.22. The Kier molecular flexibility index (Phi) is 8.55. The number of fused-ring (bicyclic) bond motifs is 6. The SMILES string of the molecule is [C-]#[N+]c1cc(-n2c3ccccc3c3ccc(-c4nc(C)nc(C)n4)cc32)c(-n2c3ccccc3c3ccc(-c4nc(C)nc(C)n4)cc32)cc1-c1c(C)cccc1C(F)(F)F. The third-order valence-corrected chi connectivity index (χ3v) is 11.1. The van der Waals surface area contributed by atoms with Crippen molar-refractivity contribution >= 4 is 49.3 Å². The first-order chi connectivity index (χ1) is 29.4. The van der Waals surface area contributed by atoms with Crippen molar-refractivity contribution < 1.29 is 13.2 Å².